The summed E-state index contributed by atoms with van der Waals surface area (Å²) < 4.78 is 42.7. The predicted octanol–water partition coefficient (Wildman–Crippen LogP) is 2.49. The Morgan fingerprint density at radius 2 is 2.09 bits per heavy atom. The maximum Gasteiger partial charge on any atom is 0.416 e. The van der Waals surface area contributed by atoms with E-state index < -0.39 is 11.7 Å². The standard InChI is InChI=1S/C14H14F3N3O2/c1-22-8-12-11(13(21)20-19-12)7-18-6-9-3-2-4-10(5-9)14(15,16)17/h2-5,7H,6,8H2,1H3,(H2,19,20,21). The van der Waals surface area contributed by atoms with Gasteiger partial charge in [0.2, 0.25) is 0 Å². The molecule has 0 fully saturated rings. The zero-order valence-corrected chi connectivity index (χ0v) is 11.7. The van der Waals surface area contributed by atoms with Gasteiger partial charge in [0.25, 0.3) is 5.56 Å². The number of hydrogen-bond donors (Lipinski definition) is 2. The number of aliphatic imine (C=N–C) groups is 1. The highest BCUT2D eigenvalue weighted by atomic mass is 19.4. The van der Waals surface area contributed by atoms with Crippen molar-refractivity contribution in [1.29, 1.82) is 0 Å². The van der Waals surface area contributed by atoms with Gasteiger partial charge in [-0.25, -0.2) is 0 Å². The molecule has 0 atom stereocenters. The van der Waals surface area contributed by atoms with E-state index in [2.05, 4.69) is 15.2 Å². The minimum absolute atomic E-state index is 0.0426. The minimum Gasteiger partial charge on any atom is -0.378 e. The molecule has 22 heavy (non-hydrogen) atoms. The van der Waals surface area contributed by atoms with Crippen molar-refractivity contribution in [3.05, 3.63) is 57.0 Å². The number of H-pyrrole nitrogens is 2. The summed E-state index contributed by atoms with van der Waals surface area (Å²) in [6, 6.07) is 4.91. The number of nitrogens with zero attached hydrogens (tertiary/aromatic N) is 1. The van der Waals surface area contributed by atoms with Crippen molar-refractivity contribution in [2.45, 2.75) is 19.3 Å². The van der Waals surface area contributed by atoms with Gasteiger partial charge in [-0.3, -0.25) is 20.0 Å². The van der Waals surface area contributed by atoms with Crippen molar-refractivity contribution in [2.24, 2.45) is 4.99 Å². The Hall–Kier alpha value is -2.35. The molecule has 0 aliphatic heterocycles. The zero-order valence-electron chi connectivity index (χ0n) is 11.7. The van der Waals surface area contributed by atoms with Gasteiger partial charge in [0.15, 0.2) is 0 Å². The van der Waals surface area contributed by atoms with Gasteiger partial charge in [0.05, 0.1) is 30.0 Å². The van der Waals surface area contributed by atoms with E-state index in [9.17, 15) is 18.0 Å². The molecular weight excluding hydrogens is 299 g/mol. The van der Waals surface area contributed by atoms with Crippen molar-refractivity contribution in [2.75, 3.05) is 7.11 Å². The Morgan fingerprint density at radius 3 is 2.77 bits per heavy atom. The fourth-order valence-electron chi connectivity index (χ4n) is 1.89. The van der Waals surface area contributed by atoms with Crippen LogP contribution in [0.5, 0.6) is 0 Å². The van der Waals surface area contributed by atoms with Gasteiger partial charge in [-0.2, -0.15) is 13.2 Å². The zero-order chi connectivity index (χ0) is 16.2. The van der Waals surface area contributed by atoms with Crippen molar-refractivity contribution < 1.29 is 17.9 Å². The Morgan fingerprint density at radius 1 is 1.32 bits per heavy atom. The van der Waals surface area contributed by atoms with E-state index in [0.717, 1.165) is 12.1 Å². The molecule has 2 rings (SSSR count). The molecule has 0 saturated carbocycles. The summed E-state index contributed by atoms with van der Waals surface area (Å²) in [5, 5.41) is 5.05. The van der Waals surface area contributed by atoms with Crippen LogP contribution in [0.1, 0.15) is 22.4 Å². The molecule has 0 saturated heterocycles. The van der Waals surface area contributed by atoms with E-state index in [1.54, 1.807) is 6.07 Å². The highest BCUT2D eigenvalue weighted by Gasteiger charge is 2.30. The topological polar surface area (TPSA) is 70.2 Å². The van der Waals surface area contributed by atoms with Gasteiger partial charge in [-0.15, -0.1) is 0 Å². The normalized spacial score (nSPS) is 12.2. The molecule has 118 valence electrons. The van der Waals surface area contributed by atoms with Crippen LogP contribution in [-0.2, 0) is 24.1 Å². The highest BCUT2D eigenvalue weighted by molar-refractivity contribution is 5.80. The summed E-state index contributed by atoms with van der Waals surface area (Å²) in [6.07, 6.45) is -3.06. The molecule has 1 aromatic heterocycles. The molecule has 0 spiro atoms. The number of methoxy groups -OCH3 is 1. The first-order chi connectivity index (χ1) is 10.4. The van der Waals surface area contributed by atoms with Crippen LogP contribution in [0, 0.1) is 0 Å². The number of halogens is 3. The summed E-state index contributed by atoms with van der Waals surface area (Å²) in [6.45, 7) is 0.241. The lowest BCUT2D eigenvalue weighted by atomic mass is 10.1. The van der Waals surface area contributed by atoms with E-state index in [4.69, 9.17) is 4.74 Å². The Kier molecular flexibility index (Phi) is 4.81. The van der Waals surface area contributed by atoms with Crippen molar-refractivity contribution in [3.63, 3.8) is 0 Å². The van der Waals surface area contributed by atoms with Crippen molar-refractivity contribution in [1.82, 2.24) is 10.2 Å². The molecular formula is C14H14F3N3O2. The van der Waals surface area contributed by atoms with Crippen LogP contribution in [0.25, 0.3) is 0 Å². The molecule has 8 heteroatoms. The third kappa shape index (κ3) is 3.85. The molecule has 2 N–H and O–H groups in total. The van der Waals surface area contributed by atoms with Gasteiger partial charge >= 0.3 is 6.18 Å². The molecule has 1 heterocycles. The maximum atomic E-state index is 12.6. The van der Waals surface area contributed by atoms with Crippen LogP contribution >= 0.6 is 0 Å². The number of alkyl halides is 3. The average molecular weight is 313 g/mol. The fourth-order valence-corrected chi connectivity index (χ4v) is 1.89. The monoisotopic (exact) mass is 313 g/mol. The first-order valence-corrected chi connectivity index (χ1v) is 6.36. The predicted molar refractivity (Wildman–Crippen MR) is 74.9 cm³/mol. The lowest BCUT2D eigenvalue weighted by Gasteiger charge is -2.07. The molecule has 0 radical (unpaired) electrons. The van der Waals surface area contributed by atoms with Crippen molar-refractivity contribution in [3.8, 4) is 0 Å². The van der Waals surface area contributed by atoms with E-state index in [0.29, 0.717) is 16.8 Å². The summed E-state index contributed by atoms with van der Waals surface area (Å²) in [7, 11) is 1.48. The lowest BCUT2D eigenvalue weighted by molar-refractivity contribution is -0.137. The number of rotatable bonds is 5. The maximum absolute atomic E-state index is 12.6. The number of aromatic nitrogens is 2. The lowest BCUT2D eigenvalue weighted by Crippen LogP contribution is -2.07. The van der Waals surface area contributed by atoms with Gasteiger partial charge in [-0.05, 0) is 17.7 Å². The molecule has 0 aliphatic carbocycles. The van der Waals surface area contributed by atoms with Gasteiger partial charge in [0, 0.05) is 13.3 Å². The summed E-state index contributed by atoms with van der Waals surface area (Å²) in [4.78, 5) is 15.6. The molecule has 0 aliphatic rings. The van der Waals surface area contributed by atoms with Gasteiger partial charge < -0.3 is 4.74 Å². The van der Waals surface area contributed by atoms with Crippen LogP contribution in [0.2, 0.25) is 0 Å². The number of ether oxygens (including phenoxy) is 1. The smallest absolute Gasteiger partial charge is 0.378 e. The second-order valence-electron chi connectivity index (χ2n) is 4.57. The number of benzene rings is 1. The molecule has 0 amide bonds. The fraction of sp³-hybridized carbons (Fsp3) is 0.286. The van der Waals surface area contributed by atoms with Crippen LogP contribution in [0.4, 0.5) is 13.2 Å². The van der Waals surface area contributed by atoms with Gasteiger partial charge in [0.1, 0.15) is 0 Å². The second kappa shape index (κ2) is 6.61. The Labute approximate surface area is 123 Å². The van der Waals surface area contributed by atoms with E-state index >= 15 is 0 Å². The molecule has 0 bridgehead atoms. The molecule has 2 aromatic rings. The summed E-state index contributed by atoms with van der Waals surface area (Å²) in [5.74, 6) is 0. The number of hydrogen-bond acceptors (Lipinski definition) is 3. The first-order valence-electron chi connectivity index (χ1n) is 6.36. The van der Waals surface area contributed by atoms with E-state index in [1.807, 2.05) is 0 Å². The third-order valence-electron chi connectivity index (χ3n) is 2.93. The molecule has 0 unspecified atom stereocenters. The van der Waals surface area contributed by atoms with Crippen molar-refractivity contribution >= 4 is 6.21 Å². The SMILES string of the molecule is COCc1[nH][nH]c(=O)c1C=NCc1cccc(C(F)(F)F)c1. The van der Waals surface area contributed by atoms with E-state index in [-0.39, 0.29) is 18.7 Å². The quantitative estimate of drug-likeness (QED) is 0.833. The Bertz CT molecular complexity index is 717. The largest absolute Gasteiger partial charge is 0.416 e. The first kappa shape index (κ1) is 16.0. The van der Waals surface area contributed by atoms with Gasteiger partial charge in [-0.1, -0.05) is 12.1 Å². The third-order valence-corrected chi connectivity index (χ3v) is 2.93. The average Bonchev–Trinajstić information content (AvgIpc) is 2.80. The van der Waals surface area contributed by atoms with E-state index in [1.165, 1.54) is 19.4 Å². The highest BCUT2D eigenvalue weighted by Crippen LogP contribution is 2.29. The summed E-state index contributed by atoms with van der Waals surface area (Å²) in [5.41, 5.74) is 0.153. The minimum atomic E-state index is -4.39. The molecule has 1 aromatic carbocycles. The molecule has 5 nitrogen and oxygen atoms in total. The van der Waals surface area contributed by atoms with Crippen LogP contribution in [0.15, 0.2) is 34.1 Å². The number of nitrogens with one attached hydrogen (secondary N) is 2. The number of aromatic amines is 2. The summed E-state index contributed by atoms with van der Waals surface area (Å²) >= 11 is 0. The van der Waals surface area contributed by atoms with Crippen LogP contribution < -0.4 is 5.56 Å². The van der Waals surface area contributed by atoms with Crippen LogP contribution in [-0.4, -0.2) is 23.5 Å². The second-order valence-corrected chi connectivity index (χ2v) is 4.57. The Balaban J connectivity index is 2.13. The van der Waals surface area contributed by atoms with Crippen LogP contribution in [0.3, 0.4) is 0 Å².